The van der Waals surface area contributed by atoms with Crippen LogP contribution in [0.4, 0.5) is 22.8 Å². The summed E-state index contributed by atoms with van der Waals surface area (Å²) >= 11 is 0. The lowest BCUT2D eigenvalue weighted by atomic mass is 10.3. The number of alkyl halides is 3. The quantitative estimate of drug-likeness (QED) is 0.453. The highest BCUT2D eigenvalue weighted by molar-refractivity contribution is 5.53. The van der Waals surface area contributed by atoms with Crippen molar-refractivity contribution in [2.24, 2.45) is 5.92 Å². The second-order valence-electron chi connectivity index (χ2n) is 3.08. The molecule has 0 aromatic carbocycles. The summed E-state index contributed by atoms with van der Waals surface area (Å²) in [5.74, 6) is 0.833. The molecule has 7 nitrogen and oxygen atoms in total. The summed E-state index contributed by atoms with van der Waals surface area (Å²) in [6.07, 6.45) is -7.67. The van der Waals surface area contributed by atoms with Crippen LogP contribution in [0.1, 0.15) is 27.7 Å². The monoisotopic (exact) mass is 283 g/mol. The molecule has 0 aliphatic carbocycles. The van der Waals surface area contributed by atoms with Crippen molar-refractivity contribution in [3.8, 4) is 0 Å². The van der Waals surface area contributed by atoms with E-state index in [9.17, 15) is 13.2 Å². The van der Waals surface area contributed by atoms with Gasteiger partial charge in [-0.1, -0.05) is 20.8 Å². The van der Waals surface area contributed by atoms with Crippen molar-refractivity contribution in [1.82, 2.24) is 6.15 Å². The topological polar surface area (TPSA) is 150 Å². The van der Waals surface area contributed by atoms with Crippen molar-refractivity contribution in [3.63, 3.8) is 0 Å². The van der Waals surface area contributed by atoms with Crippen molar-refractivity contribution in [2.45, 2.75) is 33.9 Å². The Morgan fingerprint density at radius 1 is 0.889 bits per heavy atom. The van der Waals surface area contributed by atoms with Crippen molar-refractivity contribution < 1.29 is 43.2 Å². The van der Waals surface area contributed by atoms with Crippen LogP contribution in [0.5, 0.6) is 0 Å². The zero-order valence-corrected chi connectivity index (χ0v) is 10.5. The molecule has 0 aliphatic rings. The van der Waals surface area contributed by atoms with Crippen molar-refractivity contribution >= 4 is 12.3 Å². The molecule has 0 fully saturated rings. The van der Waals surface area contributed by atoms with Crippen molar-refractivity contribution in [2.75, 3.05) is 0 Å². The number of carboxylic acid groups (broad SMARTS) is 4. The van der Waals surface area contributed by atoms with Crippen LogP contribution in [0, 0.1) is 5.92 Å². The molecule has 0 aliphatic heterocycles. The third kappa shape index (κ3) is 863. The Bertz CT molecular complexity index is 167. The van der Waals surface area contributed by atoms with Gasteiger partial charge < -0.3 is 26.6 Å². The zero-order chi connectivity index (χ0) is 15.2. The van der Waals surface area contributed by atoms with Crippen LogP contribution in [0.15, 0.2) is 0 Å². The summed E-state index contributed by atoms with van der Waals surface area (Å²) in [5, 5.41) is 27.9. The standard InChI is InChI=1S/C4H10.C2H3F3.2CH2O3.H3N/c1-4(2)3;1-2(3,4)5;2*2-1(3)4;/h4H,1-3H3;1H3;2*(H2,2,3,4);1H3. The highest BCUT2D eigenvalue weighted by Crippen LogP contribution is 2.10. The van der Waals surface area contributed by atoms with E-state index in [1.165, 1.54) is 0 Å². The van der Waals surface area contributed by atoms with E-state index in [4.69, 9.17) is 30.0 Å². The van der Waals surface area contributed by atoms with Gasteiger partial charge in [-0.25, -0.2) is 9.59 Å². The Labute approximate surface area is 102 Å². The van der Waals surface area contributed by atoms with E-state index in [1.807, 2.05) is 0 Å². The molecule has 0 unspecified atom stereocenters. The second-order valence-corrected chi connectivity index (χ2v) is 3.08. The van der Waals surface area contributed by atoms with Gasteiger partial charge in [-0.15, -0.1) is 0 Å². The number of rotatable bonds is 0. The Morgan fingerprint density at radius 2 is 0.889 bits per heavy atom. The van der Waals surface area contributed by atoms with Crippen LogP contribution in [0.25, 0.3) is 0 Å². The molecule has 0 spiro atoms. The van der Waals surface area contributed by atoms with Gasteiger partial charge in [0.25, 0.3) is 0 Å². The zero-order valence-electron chi connectivity index (χ0n) is 10.5. The first-order valence-corrected chi connectivity index (χ1v) is 4.10. The lowest BCUT2D eigenvalue weighted by Gasteiger charge is -1.88. The molecule has 0 aromatic rings. The normalized spacial score (nSPS) is 8.00. The maximum atomic E-state index is 10.4. The van der Waals surface area contributed by atoms with Crippen molar-refractivity contribution in [3.05, 3.63) is 0 Å². The molecule has 0 saturated heterocycles. The molecule has 0 bridgehead atoms. The number of carbonyl (C=O) groups is 2. The molecular weight excluding hydrogens is 263 g/mol. The predicted octanol–water partition coefficient (Wildman–Crippen LogP) is 3.84. The minimum atomic E-state index is -4.00. The molecule has 114 valence electrons. The second kappa shape index (κ2) is 17.7. The van der Waals surface area contributed by atoms with E-state index in [0.717, 1.165) is 5.92 Å². The summed E-state index contributed by atoms with van der Waals surface area (Å²) in [5.41, 5.74) is 0. The maximum absolute atomic E-state index is 10.4. The van der Waals surface area contributed by atoms with Crippen LogP contribution in [-0.4, -0.2) is 38.9 Å². The Hall–Kier alpha value is -1.71. The van der Waals surface area contributed by atoms with E-state index >= 15 is 0 Å². The fraction of sp³-hybridized carbons (Fsp3) is 0.750. The van der Waals surface area contributed by atoms with Crippen LogP contribution >= 0.6 is 0 Å². The molecule has 0 rings (SSSR count). The Balaban J connectivity index is -0.0000000412. The molecule has 0 aromatic heterocycles. The Kier molecular flexibility index (Phi) is 29.3. The number of hydrogen-bond donors (Lipinski definition) is 5. The van der Waals surface area contributed by atoms with Gasteiger partial charge in [0.1, 0.15) is 0 Å². The molecule has 0 amide bonds. The largest absolute Gasteiger partial charge is 0.503 e. The molecule has 0 heterocycles. The molecule has 0 radical (unpaired) electrons. The van der Waals surface area contributed by atoms with Gasteiger partial charge in [-0.05, 0) is 5.92 Å². The van der Waals surface area contributed by atoms with Crippen LogP contribution in [-0.2, 0) is 0 Å². The minimum absolute atomic E-state index is 0. The molecule has 10 heteroatoms. The fourth-order valence-corrected chi connectivity index (χ4v) is 0. The summed E-state index contributed by atoms with van der Waals surface area (Å²) < 4.78 is 31.1. The van der Waals surface area contributed by atoms with Gasteiger partial charge in [-0.2, -0.15) is 13.2 Å². The lowest BCUT2D eigenvalue weighted by molar-refractivity contribution is -0.110. The van der Waals surface area contributed by atoms with Gasteiger partial charge in [0.15, 0.2) is 0 Å². The average Bonchev–Trinajstić information content (AvgIpc) is 1.73. The van der Waals surface area contributed by atoms with Gasteiger partial charge in [0.2, 0.25) is 0 Å². The summed E-state index contributed by atoms with van der Waals surface area (Å²) in [4.78, 5) is 17.1. The lowest BCUT2D eigenvalue weighted by Crippen LogP contribution is -1.95. The first kappa shape index (κ1) is 29.9. The average molecular weight is 283 g/mol. The third-order valence-corrected chi connectivity index (χ3v) is 0. The van der Waals surface area contributed by atoms with Crippen LogP contribution < -0.4 is 6.15 Å². The maximum Gasteiger partial charge on any atom is 0.503 e. The van der Waals surface area contributed by atoms with E-state index in [2.05, 4.69) is 20.8 Å². The van der Waals surface area contributed by atoms with Crippen LogP contribution in [0.2, 0.25) is 0 Å². The van der Waals surface area contributed by atoms with Gasteiger partial charge in [0, 0.05) is 6.92 Å². The SMILES string of the molecule is CC(C)C.CC(F)(F)F.N.O=C(O)O.O=C(O)O. The van der Waals surface area contributed by atoms with Gasteiger partial charge >= 0.3 is 18.5 Å². The first-order valence-electron chi connectivity index (χ1n) is 4.10. The number of hydrogen-bond acceptors (Lipinski definition) is 3. The highest BCUT2D eigenvalue weighted by Gasteiger charge is 2.15. The van der Waals surface area contributed by atoms with E-state index < -0.39 is 18.5 Å². The molecule has 18 heavy (non-hydrogen) atoms. The third-order valence-electron chi connectivity index (χ3n) is 0. The van der Waals surface area contributed by atoms with Crippen molar-refractivity contribution in [1.29, 1.82) is 0 Å². The van der Waals surface area contributed by atoms with E-state index in [0.29, 0.717) is 0 Å². The van der Waals surface area contributed by atoms with Gasteiger partial charge in [0.05, 0.1) is 0 Å². The van der Waals surface area contributed by atoms with Gasteiger partial charge in [-0.3, -0.25) is 0 Å². The van der Waals surface area contributed by atoms with E-state index in [-0.39, 0.29) is 13.1 Å². The fourth-order valence-electron chi connectivity index (χ4n) is 0. The highest BCUT2D eigenvalue weighted by atomic mass is 19.4. The molecular formula is C8H20F3NO6. The molecule has 0 atom stereocenters. The molecule has 7 N–H and O–H groups in total. The summed E-state index contributed by atoms with van der Waals surface area (Å²) in [6.45, 7) is 6.69. The predicted molar refractivity (Wildman–Crippen MR) is 58.6 cm³/mol. The first-order chi connectivity index (χ1) is 7.20. The summed E-state index contributed by atoms with van der Waals surface area (Å²) in [6, 6.07) is 0. The molecule has 0 saturated carbocycles. The van der Waals surface area contributed by atoms with Crippen LogP contribution in [0.3, 0.4) is 0 Å². The number of halogens is 3. The summed E-state index contributed by atoms with van der Waals surface area (Å²) in [7, 11) is 0. The minimum Gasteiger partial charge on any atom is -0.450 e. The smallest absolute Gasteiger partial charge is 0.450 e. The Morgan fingerprint density at radius 3 is 0.889 bits per heavy atom. The van der Waals surface area contributed by atoms with E-state index in [1.54, 1.807) is 0 Å².